The molecule has 0 atom stereocenters. The molecule has 64 valence electrons. The fourth-order valence-corrected chi connectivity index (χ4v) is 7.49. The molecule has 0 bridgehead atoms. The summed E-state index contributed by atoms with van der Waals surface area (Å²) < 4.78 is 5.50. The predicted molar refractivity (Wildman–Crippen MR) is 56.4 cm³/mol. The first-order chi connectivity index (χ1) is 4.83. The zero-order chi connectivity index (χ0) is 9.12. The fraction of sp³-hybridized carbons (Fsp3) is 0.333. The molecule has 0 radical (unpaired) electrons. The highest BCUT2D eigenvalue weighted by molar-refractivity contribution is 7.45. The molecule has 0 rings (SSSR count). The molecule has 0 aliphatic carbocycles. The van der Waals surface area contributed by atoms with Crippen LogP contribution in [0.4, 0.5) is 0 Å². The Balaban J connectivity index is 4.23. The van der Waals surface area contributed by atoms with Gasteiger partial charge in [0, 0.05) is 0 Å². The minimum Gasteiger partial charge on any atom is -0.428 e. The molecule has 0 saturated carbocycles. The van der Waals surface area contributed by atoms with Gasteiger partial charge in [-0.15, -0.1) is 35.3 Å². The van der Waals surface area contributed by atoms with E-state index in [0.717, 1.165) is 0 Å². The molecule has 0 saturated heterocycles. The third-order valence-corrected chi connectivity index (χ3v) is 8.09. The van der Waals surface area contributed by atoms with Crippen molar-refractivity contribution >= 4 is 37.4 Å². The Hall–Kier alpha value is 0.454. The van der Waals surface area contributed by atoms with Crippen LogP contribution in [0.3, 0.4) is 0 Å². The van der Waals surface area contributed by atoms with Gasteiger partial charge in [-0.3, -0.25) is 0 Å². The maximum atomic E-state index is 5.83. The molecular weight excluding hydrogens is 215 g/mol. The van der Waals surface area contributed by atoms with Crippen LogP contribution in [-0.2, 0) is 4.12 Å². The van der Waals surface area contributed by atoms with E-state index >= 15 is 0 Å². The van der Waals surface area contributed by atoms with E-state index in [1.54, 1.807) is 5.70 Å². The van der Waals surface area contributed by atoms with Gasteiger partial charge in [-0.1, -0.05) is 5.70 Å². The first kappa shape index (κ1) is 11.5. The summed E-state index contributed by atoms with van der Waals surface area (Å²) >= 11 is 11.7. The molecule has 0 heterocycles. The van der Waals surface area contributed by atoms with E-state index in [4.69, 9.17) is 26.3 Å². The molecule has 0 aromatic carbocycles. The van der Waals surface area contributed by atoms with Gasteiger partial charge in [0.1, 0.15) is 0 Å². The van der Waals surface area contributed by atoms with Gasteiger partial charge in [-0.05, 0) is 18.8 Å². The quantitative estimate of drug-likeness (QED) is 0.529. The maximum Gasteiger partial charge on any atom is 0.405 e. The summed E-state index contributed by atoms with van der Waals surface area (Å²) in [5.74, 6) is 0. The van der Waals surface area contributed by atoms with Crippen LogP contribution in [0.2, 0.25) is 13.1 Å². The molecule has 0 aromatic rings. The van der Waals surface area contributed by atoms with Crippen LogP contribution in [0.5, 0.6) is 0 Å². The van der Waals surface area contributed by atoms with E-state index in [2.05, 4.69) is 13.2 Å². The van der Waals surface area contributed by atoms with Crippen LogP contribution in [0, 0.1) is 0 Å². The molecule has 0 amide bonds. The smallest absolute Gasteiger partial charge is 0.405 e. The molecule has 0 aliphatic heterocycles. The minimum atomic E-state index is -2.63. The lowest BCUT2D eigenvalue weighted by Crippen LogP contribution is -2.38. The lowest BCUT2D eigenvalue weighted by molar-refractivity contribution is 0.599. The topological polar surface area (TPSA) is 9.23 Å². The van der Waals surface area contributed by atoms with Crippen molar-refractivity contribution in [3.05, 3.63) is 24.6 Å². The van der Waals surface area contributed by atoms with Crippen LogP contribution in [0.15, 0.2) is 24.6 Å². The van der Waals surface area contributed by atoms with Crippen LogP contribution in [0.25, 0.3) is 0 Å². The van der Waals surface area contributed by atoms with Crippen molar-refractivity contribution in [2.45, 2.75) is 13.1 Å². The average molecular weight is 227 g/mol. The highest BCUT2D eigenvalue weighted by atomic mass is 35.7. The van der Waals surface area contributed by atoms with Crippen LogP contribution >= 0.6 is 22.2 Å². The third kappa shape index (κ3) is 4.82. The maximum absolute atomic E-state index is 5.83. The highest BCUT2D eigenvalue weighted by Crippen LogP contribution is 2.23. The lowest BCUT2D eigenvalue weighted by atomic mass is 11.3. The van der Waals surface area contributed by atoms with Crippen LogP contribution < -0.4 is 0 Å². The second kappa shape index (κ2) is 3.91. The first-order valence-electron chi connectivity index (χ1n) is 3.18. The van der Waals surface area contributed by atoms with Gasteiger partial charge in [-0.25, -0.2) is 0 Å². The van der Waals surface area contributed by atoms with Gasteiger partial charge in [0.25, 0.3) is 0 Å². The zero-order valence-corrected chi connectivity index (χ0v) is 10.2. The number of hydrogen-bond donors (Lipinski definition) is 0. The largest absolute Gasteiger partial charge is 0.428 e. The second-order valence-corrected chi connectivity index (χ2v) is 12.6. The van der Waals surface area contributed by atoms with Crippen LogP contribution in [0.1, 0.15) is 0 Å². The Kier molecular flexibility index (Phi) is 4.07. The molecule has 0 aromatic heterocycles. The summed E-state index contributed by atoms with van der Waals surface area (Å²) in [5.41, 5.74) is 3.29. The minimum absolute atomic E-state index is 1.49. The van der Waals surface area contributed by atoms with Crippen molar-refractivity contribution in [1.29, 1.82) is 0 Å². The molecular formula is C6H12Cl2OSi2. The van der Waals surface area contributed by atoms with Crippen LogP contribution in [-0.4, -0.2) is 15.3 Å². The molecule has 0 N–H and O–H groups in total. The number of hydrogen-bond acceptors (Lipinski definition) is 1. The standard InChI is InChI=1S/C6H12Cl2OSi2/c1-5-10(3,4)9-11(7,8)6-2/h5-6H,1-2H2,3-4H3. The summed E-state index contributed by atoms with van der Waals surface area (Å²) in [4.78, 5) is 0. The monoisotopic (exact) mass is 226 g/mol. The molecule has 0 aliphatic rings. The van der Waals surface area contributed by atoms with E-state index in [1.165, 1.54) is 5.70 Å². The Morgan fingerprint density at radius 1 is 1.18 bits per heavy atom. The summed E-state index contributed by atoms with van der Waals surface area (Å²) in [7, 11) is -1.84. The third-order valence-electron chi connectivity index (χ3n) is 1.13. The van der Waals surface area contributed by atoms with E-state index in [9.17, 15) is 0 Å². The van der Waals surface area contributed by atoms with Crippen molar-refractivity contribution in [2.75, 3.05) is 0 Å². The van der Waals surface area contributed by atoms with Crippen molar-refractivity contribution in [1.82, 2.24) is 0 Å². The van der Waals surface area contributed by atoms with Gasteiger partial charge >= 0.3 is 6.94 Å². The van der Waals surface area contributed by atoms with Crippen molar-refractivity contribution in [3.8, 4) is 0 Å². The first-order valence-corrected chi connectivity index (χ1v) is 10.2. The van der Waals surface area contributed by atoms with Gasteiger partial charge < -0.3 is 4.12 Å². The van der Waals surface area contributed by atoms with E-state index in [1.807, 2.05) is 13.1 Å². The average Bonchev–Trinajstić information content (AvgIpc) is 1.86. The van der Waals surface area contributed by atoms with Crippen molar-refractivity contribution in [3.63, 3.8) is 0 Å². The van der Waals surface area contributed by atoms with E-state index in [0.29, 0.717) is 0 Å². The van der Waals surface area contributed by atoms with Gasteiger partial charge in [0.05, 0.1) is 0 Å². The summed E-state index contributed by atoms with van der Waals surface area (Å²) in [6, 6.07) is 0. The molecule has 1 nitrogen and oxygen atoms in total. The fourth-order valence-electron chi connectivity index (χ4n) is 0.434. The Morgan fingerprint density at radius 2 is 1.64 bits per heavy atom. The molecule has 0 unspecified atom stereocenters. The molecule has 11 heavy (non-hydrogen) atoms. The summed E-state index contributed by atoms with van der Waals surface area (Å²) in [6.07, 6.45) is 0. The molecule has 0 fully saturated rings. The van der Waals surface area contributed by atoms with Gasteiger partial charge in [-0.2, -0.15) is 0 Å². The van der Waals surface area contributed by atoms with E-state index in [-0.39, 0.29) is 0 Å². The highest BCUT2D eigenvalue weighted by Gasteiger charge is 2.33. The predicted octanol–water partition coefficient (Wildman–Crippen LogP) is 3.08. The van der Waals surface area contributed by atoms with E-state index < -0.39 is 15.3 Å². The molecule has 5 heteroatoms. The molecule has 0 spiro atoms. The van der Waals surface area contributed by atoms with Gasteiger partial charge in [0.2, 0.25) is 0 Å². The summed E-state index contributed by atoms with van der Waals surface area (Å²) in [5, 5.41) is 0. The Morgan fingerprint density at radius 3 is 1.91 bits per heavy atom. The normalized spacial score (nSPS) is 12.7. The number of rotatable bonds is 4. The second-order valence-electron chi connectivity index (χ2n) is 2.68. The Bertz CT molecular complexity index is 150. The summed E-state index contributed by atoms with van der Waals surface area (Å²) in [6.45, 7) is 8.50. The van der Waals surface area contributed by atoms with Crippen molar-refractivity contribution in [2.24, 2.45) is 0 Å². The zero-order valence-electron chi connectivity index (χ0n) is 6.73. The SMILES string of the molecule is C=C[Si](C)(C)O[Si](Cl)(Cl)C=C. The van der Waals surface area contributed by atoms with Gasteiger partial charge in [0.15, 0.2) is 8.32 Å². The van der Waals surface area contributed by atoms with Crippen molar-refractivity contribution < 1.29 is 4.12 Å². The Labute approximate surface area is 79.3 Å². The number of halogens is 2. The lowest BCUT2D eigenvalue weighted by Gasteiger charge is -2.24.